The van der Waals surface area contributed by atoms with Gasteiger partial charge in [-0.25, -0.2) is 0 Å². The summed E-state index contributed by atoms with van der Waals surface area (Å²) >= 11 is 0. The van der Waals surface area contributed by atoms with Crippen molar-refractivity contribution in [3.05, 3.63) is 0 Å². The first kappa shape index (κ1) is 14.4. The number of piperidine rings is 1. The second-order valence-corrected chi connectivity index (χ2v) is 5.03. The van der Waals surface area contributed by atoms with Crippen LogP contribution in [0.15, 0.2) is 0 Å². The number of ether oxygens (including phenoxy) is 1. The van der Waals surface area contributed by atoms with Crippen LogP contribution in [0.1, 0.15) is 12.8 Å². The van der Waals surface area contributed by atoms with Crippen molar-refractivity contribution in [1.82, 2.24) is 9.80 Å². The van der Waals surface area contributed by atoms with E-state index in [1.165, 1.54) is 0 Å². The lowest BCUT2D eigenvalue weighted by atomic mass is 9.96. The van der Waals surface area contributed by atoms with E-state index in [1.54, 1.807) is 12.0 Å². The highest BCUT2D eigenvalue weighted by Gasteiger charge is 2.23. The standard InChI is InChI=1S/C12H25N3O2/c1-14-6-4-10(5-7-14)8-15(2)12(16)11(13)9-17-3/h10-11H,4-9,13H2,1-3H3. The van der Waals surface area contributed by atoms with Crippen molar-refractivity contribution in [2.45, 2.75) is 18.9 Å². The van der Waals surface area contributed by atoms with Crippen molar-refractivity contribution in [1.29, 1.82) is 0 Å². The number of likely N-dealkylation sites (N-methyl/N-ethyl adjacent to an activating group) is 1. The number of nitrogens with zero attached hydrogens (tertiary/aromatic N) is 2. The van der Waals surface area contributed by atoms with Crippen LogP contribution >= 0.6 is 0 Å². The molecule has 1 amide bonds. The SMILES string of the molecule is COCC(N)C(=O)N(C)CC1CCN(C)CC1. The normalized spacial score (nSPS) is 20.2. The number of carbonyl (C=O) groups is 1. The molecule has 0 radical (unpaired) electrons. The minimum Gasteiger partial charge on any atom is -0.383 e. The molecule has 1 rings (SSSR count). The molecule has 17 heavy (non-hydrogen) atoms. The first-order chi connectivity index (χ1) is 8.04. The number of carbonyl (C=O) groups excluding carboxylic acids is 1. The molecule has 1 heterocycles. The third-order valence-electron chi connectivity index (χ3n) is 3.41. The highest BCUT2D eigenvalue weighted by molar-refractivity contribution is 5.81. The molecule has 0 aromatic heterocycles. The van der Waals surface area contributed by atoms with E-state index in [9.17, 15) is 4.79 Å². The van der Waals surface area contributed by atoms with Gasteiger partial charge in [0.1, 0.15) is 6.04 Å². The monoisotopic (exact) mass is 243 g/mol. The van der Waals surface area contributed by atoms with Gasteiger partial charge < -0.3 is 20.3 Å². The highest BCUT2D eigenvalue weighted by Crippen LogP contribution is 2.16. The summed E-state index contributed by atoms with van der Waals surface area (Å²) in [5.74, 6) is 0.584. The number of nitrogens with two attached hydrogens (primary N) is 1. The number of hydrogen-bond donors (Lipinski definition) is 1. The number of hydrogen-bond acceptors (Lipinski definition) is 4. The molecular weight excluding hydrogens is 218 g/mol. The minimum absolute atomic E-state index is 0.0224. The van der Waals surface area contributed by atoms with Crippen LogP contribution in [0, 0.1) is 5.92 Å². The molecule has 1 aliphatic rings. The van der Waals surface area contributed by atoms with Crippen molar-refractivity contribution in [3.8, 4) is 0 Å². The fourth-order valence-corrected chi connectivity index (χ4v) is 2.26. The lowest BCUT2D eigenvalue weighted by Crippen LogP contribution is -2.46. The molecule has 1 fully saturated rings. The van der Waals surface area contributed by atoms with Crippen LogP contribution in [-0.4, -0.2) is 69.2 Å². The molecule has 1 atom stereocenters. The van der Waals surface area contributed by atoms with Crippen LogP contribution < -0.4 is 5.73 Å². The fraction of sp³-hybridized carbons (Fsp3) is 0.917. The molecule has 0 saturated carbocycles. The molecule has 1 unspecified atom stereocenters. The van der Waals surface area contributed by atoms with Crippen LogP contribution in [-0.2, 0) is 9.53 Å². The quantitative estimate of drug-likeness (QED) is 0.724. The molecule has 0 aromatic carbocycles. The first-order valence-electron chi connectivity index (χ1n) is 6.22. The average Bonchev–Trinajstić information content (AvgIpc) is 2.31. The molecule has 0 bridgehead atoms. The van der Waals surface area contributed by atoms with Gasteiger partial charge >= 0.3 is 0 Å². The van der Waals surface area contributed by atoms with Gasteiger partial charge in [-0.3, -0.25) is 4.79 Å². The van der Waals surface area contributed by atoms with Crippen LogP contribution in [0.5, 0.6) is 0 Å². The number of methoxy groups -OCH3 is 1. The predicted octanol–water partition coefficient (Wildman–Crippen LogP) is -0.240. The summed E-state index contributed by atoms with van der Waals surface area (Å²) in [7, 11) is 5.53. The van der Waals surface area contributed by atoms with Gasteiger partial charge in [-0.1, -0.05) is 0 Å². The van der Waals surface area contributed by atoms with Gasteiger partial charge in [0.05, 0.1) is 6.61 Å². The van der Waals surface area contributed by atoms with E-state index in [0.29, 0.717) is 5.92 Å². The number of amides is 1. The molecule has 0 aromatic rings. The molecule has 1 saturated heterocycles. The lowest BCUT2D eigenvalue weighted by Gasteiger charge is -2.32. The lowest BCUT2D eigenvalue weighted by molar-refractivity contribution is -0.133. The van der Waals surface area contributed by atoms with Crippen molar-refractivity contribution >= 4 is 5.91 Å². The minimum atomic E-state index is -0.531. The molecule has 5 heteroatoms. The van der Waals surface area contributed by atoms with Gasteiger partial charge in [-0.05, 0) is 38.9 Å². The van der Waals surface area contributed by atoms with Crippen LogP contribution in [0.3, 0.4) is 0 Å². The summed E-state index contributed by atoms with van der Waals surface area (Å²) < 4.78 is 4.90. The fourth-order valence-electron chi connectivity index (χ4n) is 2.26. The first-order valence-corrected chi connectivity index (χ1v) is 6.22. The third-order valence-corrected chi connectivity index (χ3v) is 3.41. The van der Waals surface area contributed by atoms with E-state index in [1.807, 2.05) is 7.05 Å². The molecule has 2 N–H and O–H groups in total. The summed E-state index contributed by atoms with van der Waals surface area (Å²) in [6.07, 6.45) is 2.32. The van der Waals surface area contributed by atoms with Crippen molar-refractivity contribution in [2.75, 3.05) is 47.4 Å². The molecule has 0 aliphatic carbocycles. The van der Waals surface area contributed by atoms with Gasteiger partial charge in [-0.2, -0.15) is 0 Å². The van der Waals surface area contributed by atoms with Gasteiger partial charge in [0, 0.05) is 20.7 Å². The Balaban J connectivity index is 2.32. The van der Waals surface area contributed by atoms with Gasteiger partial charge in [0.15, 0.2) is 0 Å². The van der Waals surface area contributed by atoms with Crippen LogP contribution in [0.2, 0.25) is 0 Å². The van der Waals surface area contributed by atoms with Crippen molar-refractivity contribution in [2.24, 2.45) is 11.7 Å². The van der Waals surface area contributed by atoms with Gasteiger partial charge in [0.25, 0.3) is 0 Å². The summed E-state index contributed by atoms with van der Waals surface area (Å²) in [5.41, 5.74) is 5.73. The van der Waals surface area contributed by atoms with Gasteiger partial charge in [0.2, 0.25) is 5.91 Å². The van der Waals surface area contributed by atoms with Crippen LogP contribution in [0.4, 0.5) is 0 Å². The zero-order valence-corrected chi connectivity index (χ0v) is 11.2. The molecular formula is C12H25N3O2. The van der Waals surface area contributed by atoms with E-state index in [-0.39, 0.29) is 12.5 Å². The van der Waals surface area contributed by atoms with Crippen molar-refractivity contribution < 1.29 is 9.53 Å². The van der Waals surface area contributed by atoms with Crippen LogP contribution in [0.25, 0.3) is 0 Å². The maximum absolute atomic E-state index is 11.9. The number of rotatable bonds is 5. The second kappa shape index (κ2) is 6.93. The Morgan fingerprint density at radius 3 is 2.65 bits per heavy atom. The smallest absolute Gasteiger partial charge is 0.241 e. The third kappa shape index (κ3) is 4.61. The molecule has 0 spiro atoms. The van der Waals surface area contributed by atoms with E-state index in [2.05, 4.69) is 11.9 Å². The summed E-state index contributed by atoms with van der Waals surface area (Å²) in [5, 5.41) is 0. The van der Waals surface area contributed by atoms with Gasteiger partial charge in [-0.15, -0.1) is 0 Å². The maximum atomic E-state index is 11.9. The molecule has 100 valence electrons. The summed E-state index contributed by atoms with van der Waals surface area (Å²) in [4.78, 5) is 16.0. The molecule has 1 aliphatic heterocycles. The predicted molar refractivity (Wildman–Crippen MR) is 67.7 cm³/mol. The van der Waals surface area contributed by atoms with E-state index in [4.69, 9.17) is 10.5 Å². The Labute approximate surface area is 104 Å². The van der Waals surface area contributed by atoms with Crippen molar-refractivity contribution in [3.63, 3.8) is 0 Å². The Morgan fingerprint density at radius 2 is 2.12 bits per heavy atom. The highest BCUT2D eigenvalue weighted by atomic mass is 16.5. The Kier molecular flexibility index (Phi) is 5.88. The zero-order chi connectivity index (χ0) is 12.8. The largest absolute Gasteiger partial charge is 0.383 e. The Hall–Kier alpha value is -0.650. The summed E-state index contributed by atoms with van der Waals surface area (Å²) in [6.45, 7) is 3.34. The maximum Gasteiger partial charge on any atom is 0.241 e. The topological polar surface area (TPSA) is 58.8 Å². The van der Waals surface area contributed by atoms with E-state index >= 15 is 0 Å². The average molecular weight is 243 g/mol. The second-order valence-electron chi connectivity index (χ2n) is 5.03. The zero-order valence-electron chi connectivity index (χ0n) is 11.2. The Morgan fingerprint density at radius 1 is 1.53 bits per heavy atom. The summed E-state index contributed by atoms with van der Waals surface area (Å²) in [6, 6.07) is -0.531. The Bertz CT molecular complexity index is 240. The van der Waals surface area contributed by atoms with E-state index < -0.39 is 6.04 Å². The van der Waals surface area contributed by atoms with E-state index in [0.717, 1.165) is 32.5 Å². The number of likely N-dealkylation sites (tertiary alicyclic amines) is 1. The molecule has 5 nitrogen and oxygen atoms in total.